The van der Waals surface area contributed by atoms with Crippen molar-refractivity contribution in [1.82, 2.24) is 9.97 Å². The molecular formula is C16H16N4O4S2. The number of rotatable bonds is 5. The van der Waals surface area contributed by atoms with E-state index in [2.05, 4.69) is 9.97 Å². The molecule has 1 amide bonds. The molecule has 1 aromatic carbocycles. The quantitative estimate of drug-likeness (QED) is 0.633. The fourth-order valence-corrected chi connectivity index (χ4v) is 3.91. The fourth-order valence-electron chi connectivity index (χ4n) is 2.47. The number of aromatic nitrogens is 2. The van der Waals surface area contributed by atoms with Crippen LogP contribution in [-0.4, -0.2) is 40.6 Å². The molecule has 0 radical (unpaired) electrons. The number of benzene rings is 1. The van der Waals surface area contributed by atoms with Crippen molar-refractivity contribution < 1.29 is 18.5 Å². The molecule has 26 heavy (non-hydrogen) atoms. The van der Waals surface area contributed by atoms with Gasteiger partial charge in [-0.3, -0.25) is 9.00 Å². The summed E-state index contributed by atoms with van der Waals surface area (Å²) < 4.78 is 22.6. The van der Waals surface area contributed by atoms with Gasteiger partial charge < -0.3 is 20.9 Å². The number of carbonyl (C=O) groups is 1. The summed E-state index contributed by atoms with van der Waals surface area (Å²) in [6, 6.07) is 5.20. The van der Waals surface area contributed by atoms with Crippen LogP contribution in [0.2, 0.25) is 0 Å². The SMILES string of the molecule is COc1cc(OC)cc(-c2nc(S(C)=O)nc3sc(C(N)=O)c(N)c23)c1. The second kappa shape index (κ2) is 6.89. The van der Waals surface area contributed by atoms with Gasteiger partial charge in [0.15, 0.2) is 0 Å². The maximum Gasteiger partial charge on any atom is 0.260 e. The molecule has 0 bridgehead atoms. The maximum absolute atomic E-state index is 12.0. The Morgan fingerprint density at radius 1 is 1.15 bits per heavy atom. The van der Waals surface area contributed by atoms with E-state index in [1.54, 1.807) is 18.2 Å². The maximum atomic E-state index is 12.0. The number of hydrogen-bond donors (Lipinski definition) is 2. The summed E-state index contributed by atoms with van der Waals surface area (Å²) in [6.07, 6.45) is 1.48. The number of anilines is 1. The highest BCUT2D eigenvalue weighted by molar-refractivity contribution is 7.84. The first kappa shape index (κ1) is 18.1. The van der Waals surface area contributed by atoms with Crippen molar-refractivity contribution in [2.45, 2.75) is 5.16 Å². The molecule has 0 saturated carbocycles. The van der Waals surface area contributed by atoms with Gasteiger partial charge in [-0.2, -0.15) is 0 Å². The van der Waals surface area contributed by atoms with Gasteiger partial charge in [-0.15, -0.1) is 11.3 Å². The molecule has 0 aliphatic rings. The Hall–Kier alpha value is -2.72. The van der Waals surface area contributed by atoms with E-state index in [-0.39, 0.29) is 15.7 Å². The molecule has 2 aromatic heterocycles. The van der Waals surface area contributed by atoms with E-state index in [0.29, 0.717) is 33.0 Å². The molecule has 2 heterocycles. The fraction of sp³-hybridized carbons (Fsp3) is 0.188. The van der Waals surface area contributed by atoms with Crippen LogP contribution in [0.3, 0.4) is 0 Å². The van der Waals surface area contributed by atoms with Gasteiger partial charge in [0.05, 0.1) is 41.8 Å². The first-order valence-corrected chi connectivity index (χ1v) is 9.69. The first-order valence-electron chi connectivity index (χ1n) is 7.32. The zero-order valence-corrected chi connectivity index (χ0v) is 15.9. The predicted octanol–water partition coefficient (Wildman–Crippen LogP) is 1.79. The zero-order valence-electron chi connectivity index (χ0n) is 14.2. The van der Waals surface area contributed by atoms with Gasteiger partial charge in [0.1, 0.15) is 21.2 Å². The number of carbonyl (C=O) groups excluding carboxylic acids is 1. The van der Waals surface area contributed by atoms with Crippen molar-refractivity contribution in [1.29, 1.82) is 0 Å². The molecule has 1 unspecified atom stereocenters. The smallest absolute Gasteiger partial charge is 0.260 e. The number of fused-ring (bicyclic) bond motifs is 1. The zero-order chi connectivity index (χ0) is 19.0. The van der Waals surface area contributed by atoms with E-state index in [1.165, 1.54) is 20.5 Å². The van der Waals surface area contributed by atoms with Gasteiger partial charge in [0.25, 0.3) is 5.91 Å². The van der Waals surface area contributed by atoms with Crippen LogP contribution in [0.15, 0.2) is 23.4 Å². The number of nitrogens with zero attached hydrogens (tertiary/aromatic N) is 2. The standard InChI is InChI=1S/C16H16N4O4S2/c1-23-8-4-7(5-9(6-8)24-2)12-10-11(17)13(14(18)21)25-15(10)20-16(19-12)26(3)22/h4-6H,17H2,1-3H3,(H2,18,21). The number of methoxy groups -OCH3 is 2. The third-order valence-corrected chi connectivity index (χ3v) is 5.48. The van der Waals surface area contributed by atoms with Crippen LogP contribution in [0, 0.1) is 0 Å². The Labute approximate surface area is 155 Å². The lowest BCUT2D eigenvalue weighted by Crippen LogP contribution is -2.10. The Morgan fingerprint density at radius 2 is 1.77 bits per heavy atom. The van der Waals surface area contributed by atoms with Crippen LogP contribution >= 0.6 is 11.3 Å². The van der Waals surface area contributed by atoms with Gasteiger partial charge >= 0.3 is 0 Å². The van der Waals surface area contributed by atoms with Gasteiger partial charge in [0.2, 0.25) is 5.16 Å². The van der Waals surface area contributed by atoms with Gasteiger partial charge in [0, 0.05) is 17.9 Å². The van der Waals surface area contributed by atoms with Crippen LogP contribution in [0.25, 0.3) is 21.5 Å². The van der Waals surface area contributed by atoms with Crippen LogP contribution in [-0.2, 0) is 10.8 Å². The van der Waals surface area contributed by atoms with E-state index in [9.17, 15) is 9.00 Å². The van der Waals surface area contributed by atoms with Gasteiger partial charge in [-0.1, -0.05) is 0 Å². The molecule has 0 saturated heterocycles. The second-order valence-corrected chi connectivity index (χ2v) is 7.57. The lowest BCUT2D eigenvalue weighted by Gasteiger charge is -2.10. The molecule has 0 spiro atoms. The lowest BCUT2D eigenvalue weighted by molar-refractivity contribution is 0.100. The van der Waals surface area contributed by atoms with Crippen molar-refractivity contribution in [3.05, 3.63) is 23.1 Å². The molecule has 4 N–H and O–H groups in total. The van der Waals surface area contributed by atoms with E-state index in [4.69, 9.17) is 20.9 Å². The average molecular weight is 392 g/mol. The van der Waals surface area contributed by atoms with Crippen molar-refractivity contribution in [3.8, 4) is 22.8 Å². The third kappa shape index (κ3) is 3.08. The van der Waals surface area contributed by atoms with Crippen LogP contribution < -0.4 is 20.9 Å². The summed E-state index contributed by atoms with van der Waals surface area (Å²) in [7, 11) is 1.64. The van der Waals surface area contributed by atoms with E-state index in [0.717, 1.165) is 11.3 Å². The monoisotopic (exact) mass is 392 g/mol. The Morgan fingerprint density at radius 3 is 2.27 bits per heavy atom. The highest BCUT2D eigenvalue weighted by atomic mass is 32.2. The van der Waals surface area contributed by atoms with Gasteiger partial charge in [-0.25, -0.2) is 9.97 Å². The minimum Gasteiger partial charge on any atom is -0.497 e. The van der Waals surface area contributed by atoms with Crippen LogP contribution in [0.1, 0.15) is 9.67 Å². The Bertz CT molecular complexity index is 1030. The summed E-state index contributed by atoms with van der Waals surface area (Å²) in [5.74, 6) is 0.447. The van der Waals surface area contributed by atoms with E-state index < -0.39 is 16.7 Å². The summed E-state index contributed by atoms with van der Waals surface area (Å²) >= 11 is 1.04. The van der Waals surface area contributed by atoms with Crippen LogP contribution in [0.5, 0.6) is 11.5 Å². The summed E-state index contributed by atoms with van der Waals surface area (Å²) in [5.41, 5.74) is 12.8. The lowest BCUT2D eigenvalue weighted by atomic mass is 10.1. The van der Waals surface area contributed by atoms with Crippen molar-refractivity contribution >= 4 is 43.9 Å². The number of nitrogen functional groups attached to an aromatic ring is 1. The number of nitrogens with two attached hydrogens (primary N) is 2. The summed E-state index contributed by atoms with van der Waals surface area (Å²) in [4.78, 5) is 21.0. The molecule has 0 aliphatic carbocycles. The number of hydrogen-bond acceptors (Lipinski definition) is 8. The Kier molecular flexibility index (Phi) is 4.79. The summed E-state index contributed by atoms with van der Waals surface area (Å²) in [5, 5.41) is 0.611. The molecule has 10 heteroatoms. The highest BCUT2D eigenvalue weighted by Gasteiger charge is 2.22. The molecule has 0 aliphatic heterocycles. The average Bonchev–Trinajstić information content (AvgIpc) is 2.97. The number of primary amides is 1. The molecule has 8 nitrogen and oxygen atoms in total. The molecule has 3 aromatic rings. The van der Waals surface area contributed by atoms with Crippen molar-refractivity contribution in [3.63, 3.8) is 0 Å². The summed E-state index contributed by atoms with van der Waals surface area (Å²) in [6.45, 7) is 0. The molecular weight excluding hydrogens is 376 g/mol. The Balaban J connectivity index is 2.40. The second-order valence-electron chi connectivity index (χ2n) is 5.30. The van der Waals surface area contributed by atoms with Crippen molar-refractivity contribution in [2.75, 3.05) is 26.2 Å². The van der Waals surface area contributed by atoms with E-state index >= 15 is 0 Å². The highest BCUT2D eigenvalue weighted by Crippen LogP contribution is 2.40. The number of thiophene rings is 1. The molecule has 136 valence electrons. The topological polar surface area (TPSA) is 130 Å². The largest absolute Gasteiger partial charge is 0.497 e. The predicted molar refractivity (Wildman–Crippen MR) is 101 cm³/mol. The number of ether oxygens (including phenoxy) is 2. The molecule has 1 atom stereocenters. The molecule has 0 fully saturated rings. The van der Waals surface area contributed by atoms with Gasteiger partial charge in [-0.05, 0) is 12.1 Å². The number of amides is 1. The minimum absolute atomic E-state index is 0.131. The van der Waals surface area contributed by atoms with Crippen LogP contribution in [0.4, 0.5) is 5.69 Å². The van der Waals surface area contributed by atoms with E-state index in [1.807, 2.05) is 0 Å². The van der Waals surface area contributed by atoms with Crippen molar-refractivity contribution in [2.24, 2.45) is 5.73 Å². The molecule has 3 rings (SSSR count). The first-order chi connectivity index (χ1) is 12.3. The third-order valence-electron chi connectivity index (χ3n) is 3.67. The minimum atomic E-state index is -1.43. The normalized spacial score (nSPS) is 12.1.